The van der Waals surface area contributed by atoms with Gasteiger partial charge in [0.2, 0.25) is 0 Å². The molecule has 1 N–H and O–H groups in total. The lowest BCUT2D eigenvalue weighted by molar-refractivity contribution is -0.170. The van der Waals surface area contributed by atoms with Gasteiger partial charge < -0.3 is 0 Å². The second kappa shape index (κ2) is 2.00. The number of thiol groups is 1. The minimum Gasteiger partial charge on any atom is -0.278 e. The molecule has 1 fully saturated rings. The van der Waals surface area contributed by atoms with Crippen LogP contribution in [0.1, 0.15) is 6.42 Å². The van der Waals surface area contributed by atoms with Crippen LogP contribution < -0.4 is 0 Å². The van der Waals surface area contributed by atoms with Crippen molar-refractivity contribution in [2.45, 2.75) is 11.7 Å². The zero-order valence-electron chi connectivity index (χ0n) is 4.44. The van der Waals surface area contributed by atoms with Crippen molar-refractivity contribution < 1.29 is 14.8 Å². The predicted molar refractivity (Wildman–Crippen MR) is 31.0 cm³/mol. The van der Waals surface area contributed by atoms with Crippen LogP contribution in [-0.4, -0.2) is 27.3 Å². The van der Waals surface area contributed by atoms with Crippen molar-refractivity contribution in [3.63, 3.8) is 0 Å². The molecule has 1 atom stereocenters. The number of hydrogen-bond acceptors (Lipinski definition) is 4. The molecule has 4 nitrogen and oxygen atoms in total. The molecule has 0 spiro atoms. The largest absolute Gasteiger partial charge is 0.278 e. The molecular formula is C4H5NO3S. The lowest BCUT2D eigenvalue weighted by Gasteiger charge is -2.00. The molecule has 5 heteroatoms. The summed E-state index contributed by atoms with van der Waals surface area (Å²) in [4.78, 5) is 20.9. The highest BCUT2D eigenvalue weighted by Crippen LogP contribution is 2.14. The van der Waals surface area contributed by atoms with Gasteiger partial charge in [0.1, 0.15) is 0 Å². The summed E-state index contributed by atoms with van der Waals surface area (Å²) in [5.74, 6) is -1.22. The summed E-state index contributed by atoms with van der Waals surface area (Å²) in [5.41, 5.74) is 0. The molecule has 0 radical (unpaired) electrons. The summed E-state index contributed by atoms with van der Waals surface area (Å²) in [6.45, 7) is 0. The van der Waals surface area contributed by atoms with E-state index < -0.39 is 17.1 Å². The lowest BCUT2D eigenvalue weighted by Crippen LogP contribution is -2.26. The first-order chi connectivity index (χ1) is 4.13. The summed E-state index contributed by atoms with van der Waals surface area (Å²) in [5, 5.41) is 7.98. The van der Waals surface area contributed by atoms with Crippen LogP contribution in [0.25, 0.3) is 0 Å². The van der Waals surface area contributed by atoms with E-state index in [2.05, 4.69) is 12.6 Å². The minimum atomic E-state index is -0.650. The quantitative estimate of drug-likeness (QED) is 0.274. The topological polar surface area (TPSA) is 57.6 Å². The fourth-order valence-electron chi connectivity index (χ4n) is 0.603. The van der Waals surface area contributed by atoms with Gasteiger partial charge in [0.05, 0.1) is 11.7 Å². The highest BCUT2D eigenvalue weighted by molar-refractivity contribution is 7.81. The average molecular weight is 147 g/mol. The average Bonchev–Trinajstić information content (AvgIpc) is 1.98. The van der Waals surface area contributed by atoms with Crippen molar-refractivity contribution in [2.75, 3.05) is 0 Å². The highest BCUT2D eigenvalue weighted by atomic mass is 32.1. The number of nitrogens with zero attached hydrogens (tertiary/aromatic N) is 1. The third kappa shape index (κ3) is 0.927. The SMILES string of the molecule is O=C1CC(S)C(=O)N1O. The number of rotatable bonds is 0. The summed E-state index contributed by atoms with van der Waals surface area (Å²) in [7, 11) is 0. The Labute approximate surface area is 56.8 Å². The number of imide groups is 1. The van der Waals surface area contributed by atoms with Crippen LogP contribution in [0.2, 0.25) is 0 Å². The predicted octanol–water partition coefficient (Wildman–Crippen LogP) is -0.567. The van der Waals surface area contributed by atoms with E-state index in [-0.39, 0.29) is 11.5 Å². The summed E-state index contributed by atoms with van der Waals surface area (Å²) < 4.78 is 0. The number of amides is 2. The van der Waals surface area contributed by atoms with E-state index in [0.29, 0.717) is 0 Å². The Hall–Kier alpha value is -0.550. The van der Waals surface area contributed by atoms with E-state index in [0.717, 1.165) is 0 Å². The maximum Gasteiger partial charge on any atom is 0.266 e. The van der Waals surface area contributed by atoms with Crippen molar-refractivity contribution in [1.29, 1.82) is 0 Å². The van der Waals surface area contributed by atoms with Gasteiger partial charge in [-0.1, -0.05) is 0 Å². The Kier molecular flexibility index (Phi) is 1.46. The monoisotopic (exact) mass is 147 g/mol. The first-order valence-corrected chi connectivity index (χ1v) is 2.88. The van der Waals surface area contributed by atoms with Crippen molar-refractivity contribution in [1.82, 2.24) is 5.06 Å². The fourth-order valence-corrected chi connectivity index (χ4v) is 0.869. The summed E-state index contributed by atoms with van der Waals surface area (Å²) >= 11 is 3.73. The first-order valence-electron chi connectivity index (χ1n) is 2.36. The van der Waals surface area contributed by atoms with Crippen LogP contribution in [0.5, 0.6) is 0 Å². The third-order valence-corrected chi connectivity index (χ3v) is 1.50. The smallest absolute Gasteiger partial charge is 0.266 e. The molecule has 50 valence electrons. The second-order valence-electron chi connectivity index (χ2n) is 1.76. The molecule has 0 aromatic rings. The Morgan fingerprint density at radius 2 is 2.22 bits per heavy atom. The molecule has 1 rings (SSSR count). The Morgan fingerprint density at radius 3 is 2.33 bits per heavy atom. The molecule has 0 saturated carbocycles. The number of carbonyl (C=O) groups excluding carboxylic acids is 2. The van der Waals surface area contributed by atoms with E-state index in [1.807, 2.05) is 0 Å². The van der Waals surface area contributed by atoms with Gasteiger partial charge in [-0.25, -0.2) is 0 Å². The lowest BCUT2D eigenvalue weighted by atomic mass is 10.4. The molecule has 1 saturated heterocycles. The van der Waals surface area contributed by atoms with Crippen molar-refractivity contribution in [2.24, 2.45) is 0 Å². The van der Waals surface area contributed by atoms with E-state index in [1.165, 1.54) is 0 Å². The van der Waals surface area contributed by atoms with Crippen molar-refractivity contribution >= 4 is 24.4 Å². The van der Waals surface area contributed by atoms with Crippen LogP contribution in [0, 0.1) is 0 Å². The zero-order chi connectivity index (χ0) is 7.02. The molecule has 1 heterocycles. The van der Waals surface area contributed by atoms with Crippen LogP contribution in [0.15, 0.2) is 0 Å². The van der Waals surface area contributed by atoms with Crippen molar-refractivity contribution in [3.8, 4) is 0 Å². The Balaban J connectivity index is 2.77. The summed E-state index contributed by atoms with van der Waals surface area (Å²) in [6.07, 6.45) is -0.00154. The molecule has 0 bridgehead atoms. The highest BCUT2D eigenvalue weighted by Gasteiger charge is 2.35. The number of hydrogen-bond donors (Lipinski definition) is 2. The third-order valence-electron chi connectivity index (χ3n) is 1.10. The normalized spacial score (nSPS) is 27.8. The molecule has 9 heavy (non-hydrogen) atoms. The van der Waals surface area contributed by atoms with E-state index in [4.69, 9.17) is 5.21 Å². The zero-order valence-corrected chi connectivity index (χ0v) is 5.34. The van der Waals surface area contributed by atoms with Gasteiger partial charge in [-0.15, -0.1) is 0 Å². The standard InChI is InChI=1S/C4H5NO3S/c6-3-1-2(9)4(7)5(3)8/h2,8-9H,1H2. The van der Waals surface area contributed by atoms with E-state index >= 15 is 0 Å². The van der Waals surface area contributed by atoms with Crippen LogP contribution in [0.3, 0.4) is 0 Å². The van der Waals surface area contributed by atoms with Gasteiger partial charge in [-0.05, 0) is 0 Å². The van der Waals surface area contributed by atoms with Gasteiger partial charge in [-0.3, -0.25) is 14.8 Å². The molecular weight excluding hydrogens is 142 g/mol. The first kappa shape index (κ1) is 6.57. The van der Waals surface area contributed by atoms with Crippen LogP contribution in [0.4, 0.5) is 0 Å². The number of carbonyl (C=O) groups is 2. The molecule has 0 aliphatic carbocycles. The Morgan fingerprint density at radius 1 is 1.67 bits per heavy atom. The summed E-state index contributed by atoms with van der Waals surface area (Å²) in [6, 6.07) is 0. The van der Waals surface area contributed by atoms with Gasteiger partial charge in [0, 0.05) is 0 Å². The molecule has 0 aromatic carbocycles. The van der Waals surface area contributed by atoms with Gasteiger partial charge in [-0.2, -0.15) is 17.7 Å². The Bertz CT molecular complexity index is 169. The van der Waals surface area contributed by atoms with E-state index in [1.54, 1.807) is 0 Å². The molecule has 2 amide bonds. The number of hydroxylamine groups is 2. The van der Waals surface area contributed by atoms with Crippen LogP contribution in [-0.2, 0) is 9.59 Å². The maximum atomic E-state index is 10.5. The second-order valence-corrected chi connectivity index (χ2v) is 2.39. The maximum absolute atomic E-state index is 10.5. The fraction of sp³-hybridized carbons (Fsp3) is 0.500. The van der Waals surface area contributed by atoms with Gasteiger partial charge in [0.25, 0.3) is 11.8 Å². The molecule has 1 aliphatic rings. The van der Waals surface area contributed by atoms with Gasteiger partial charge in [0.15, 0.2) is 0 Å². The van der Waals surface area contributed by atoms with E-state index in [9.17, 15) is 9.59 Å². The minimum absolute atomic E-state index is 0.00154. The van der Waals surface area contributed by atoms with Crippen LogP contribution >= 0.6 is 12.6 Å². The molecule has 1 aliphatic heterocycles. The van der Waals surface area contributed by atoms with Crippen molar-refractivity contribution in [3.05, 3.63) is 0 Å². The molecule has 0 aromatic heterocycles. The molecule has 1 unspecified atom stereocenters. The van der Waals surface area contributed by atoms with Gasteiger partial charge >= 0.3 is 0 Å².